The standard InChI is InChI=1S/C12H10F3N3/c1-6-16-12-8(2-3-18(12)17-6)7-4-9(13)11(15)10(14)5-7/h4-5,8H,2-3H2,1H3. The molecule has 0 amide bonds. The fourth-order valence-corrected chi connectivity index (χ4v) is 2.37. The summed E-state index contributed by atoms with van der Waals surface area (Å²) in [6.07, 6.45) is 0.667. The number of rotatable bonds is 1. The van der Waals surface area contributed by atoms with E-state index < -0.39 is 17.5 Å². The number of benzene rings is 1. The lowest BCUT2D eigenvalue weighted by molar-refractivity contribution is 0.444. The molecule has 1 atom stereocenters. The number of nitrogens with zero attached hydrogens (tertiary/aromatic N) is 3. The summed E-state index contributed by atoms with van der Waals surface area (Å²) in [5, 5.41) is 4.17. The summed E-state index contributed by atoms with van der Waals surface area (Å²) in [7, 11) is 0. The van der Waals surface area contributed by atoms with Gasteiger partial charge in [0.15, 0.2) is 17.5 Å². The number of fused-ring (bicyclic) bond motifs is 1. The largest absolute Gasteiger partial charge is 0.249 e. The van der Waals surface area contributed by atoms with Crippen LogP contribution in [0.2, 0.25) is 0 Å². The minimum Gasteiger partial charge on any atom is -0.249 e. The normalized spacial score (nSPS) is 18.1. The maximum absolute atomic E-state index is 13.2. The average Bonchev–Trinajstić information content (AvgIpc) is 2.83. The maximum Gasteiger partial charge on any atom is 0.194 e. The van der Waals surface area contributed by atoms with Crippen molar-refractivity contribution in [1.82, 2.24) is 14.8 Å². The third-order valence-corrected chi connectivity index (χ3v) is 3.16. The second-order valence-electron chi connectivity index (χ2n) is 4.38. The molecule has 1 aliphatic rings. The van der Waals surface area contributed by atoms with E-state index in [1.54, 1.807) is 11.6 Å². The topological polar surface area (TPSA) is 30.7 Å². The van der Waals surface area contributed by atoms with Crippen molar-refractivity contribution in [3.8, 4) is 0 Å². The molecule has 0 fully saturated rings. The first-order valence-electron chi connectivity index (χ1n) is 5.62. The van der Waals surface area contributed by atoms with Crippen LogP contribution in [0, 0.1) is 24.4 Å². The first-order valence-corrected chi connectivity index (χ1v) is 5.62. The van der Waals surface area contributed by atoms with E-state index in [-0.39, 0.29) is 5.92 Å². The van der Waals surface area contributed by atoms with Crippen LogP contribution in [0.1, 0.15) is 29.6 Å². The Balaban J connectivity index is 2.07. The van der Waals surface area contributed by atoms with Gasteiger partial charge >= 0.3 is 0 Å². The molecule has 2 aromatic rings. The smallest absolute Gasteiger partial charge is 0.194 e. The van der Waals surface area contributed by atoms with Gasteiger partial charge < -0.3 is 0 Å². The molecule has 1 aromatic heterocycles. The van der Waals surface area contributed by atoms with Gasteiger partial charge in [0.25, 0.3) is 0 Å². The molecule has 3 rings (SSSR count). The van der Waals surface area contributed by atoms with Gasteiger partial charge in [-0.1, -0.05) is 0 Å². The van der Waals surface area contributed by atoms with Gasteiger partial charge in [-0.3, -0.25) is 0 Å². The highest BCUT2D eigenvalue weighted by Gasteiger charge is 2.28. The van der Waals surface area contributed by atoms with Crippen LogP contribution in [-0.2, 0) is 6.54 Å². The zero-order valence-corrected chi connectivity index (χ0v) is 9.62. The van der Waals surface area contributed by atoms with E-state index in [0.29, 0.717) is 30.2 Å². The molecule has 1 unspecified atom stereocenters. The maximum atomic E-state index is 13.2. The molecule has 1 aromatic carbocycles. The van der Waals surface area contributed by atoms with Crippen LogP contribution in [0.3, 0.4) is 0 Å². The van der Waals surface area contributed by atoms with Gasteiger partial charge in [0.2, 0.25) is 0 Å². The van der Waals surface area contributed by atoms with Crippen molar-refractivity contribution < 1.29 is 13.2 Å². The van der Waals surface area contributed by atoms with Gasteiger partial charge in [-0.2, -0.15) is 5.10 Å². The summed E-state index contributed by atoms with van der Waals surface area (Å²) in [6, 6.07) is 2.06. The minimum absolute atomic E-state index is 0.226. The highest BCUT2D eigenvalue weighted by atomic mass is 19.2. The quantitative estimate of drug-likeness (QED) is 0.731. The van der Waals surface area contributed by atoms with Crippen molar-refractivity contribution in [2.45, 2.75) is 25.8 Å². The molecule has 0 spiro atoms. The van der Waals surface area contributed by atoms with E-state index in [4.69, 9.17) is 0 Å². The Morgan fingerprint density at radius 2 is 1.89 bits per heavy atom. The molecule has 94 valence electrons. The predicted octanol–water partition coefficient (Wildman–Crippen LogP) is 2.54. The van der Waals surface area contributed by atoms with Gasteiger partial charge in [-0.05, 0) is 31.0 Å². The fourth-order valence-electron chi connectivity index (χ4n) is 2.37. The highest BCUT2D eigenvalue weighted by molar-refractivity contribution is 5.29. The van der Waals surface area contributed by atoms with Gasteiger partial charge in [0.05, 0.1) is 0 Å². The fraction of sp³-hybridized carbons (Fsp3) is 0.333. The summed E-state index contributed by atoms with van der Waals surface area (Å²) in [5.74, 6) is -2.69. The van der Waals surface area contributed by atoms with E-state index in [1.807, 2.05) is 0 Å². The molecule has 18 heavy (non-hydrogen) atoms. The van der Waals surface area contributed by atoms with E-state index in [1.165, 1.54) is 0 Å². The molecule has 1 aliphatic heterocycles. The number of halogens is 3. The average molecular weight is 253 g/mol. The molecular weight excluding hydrogens is 243 g/mol. The minimum atomic E-state index is -1.44. The van der Waals surface area contributed by atoms with Crippen LogP contribution in [0.5, 0.6) is 0 Å². The summed E-state index contributed by atoms with van der Waals surface area (Å²) in [5.41, 5.74) is 0.401. The summed E-state index contributed by atoms with van der Waals surface area (Å²) in [4.78, 5) is 4.24. The lowest BCUT2D eigenvalue weighted by atomic mass is 9.97. The van der Waals surface area contributed by atoms with E-state index in [0.717, 1.165) is 12.1 Å². The molecule has 0 aliphatic carbocycles. The summed E-state index contributed by atoms with van der Waals surface area (Å²) < 4.78 is 41.1. The Hall–Kier alpha value is -1.85. The van der Waals surface area contributed by atoms with Crippen molar-refractivity contribution in [3.05, 3.63) is 46.8 Å². The van der Waals surface area contributed by atoms with Crippen LogP contribution in [0.15, 0.2) is 12.1 Å². The zero-order chi connectivity index (χ0) is 12.9. The highest BCUT2D eigenvalue weighted by Crippen LogP contribution is 2.33. The molecule has 6 heteroatoms. The number of aryl methyl sites for hydroxylation is 2. The van der Waals surface area contributed by atoms with Crippen LogP contribution in [0.4, 0.5) is 13.2 Å². The molecule has 0 radical (unpaired) electrons. The van der Waals surface area contributed by atoms with Crippen LogP contribution in [0.25, 0.3) is 0 Å². The molecule has 0 saturated carbocycles. The van der Waals surface area contributed by atoms with E-state index in [9.17, 15) is 13.2 Å². The third kappa shape index (κ3) is 1.60. The van der Waals surface area contributed by atoms with E-state index >= 15 is 0 Å². The molecule has 0 N–H and O–H groups in total. The SMILES string of the molecule is Cc1nc2n(n1)CCC2c1cc(F)c(F)c(F)c1. The Labute approximate surface area is 101 Å². The second-order valence-corrected chi connectivity index (χ2v) is 4.38. The van der Waals surface area contributed by atoms with Gasteiger partial charge in [-0.15, -0.1) is 0 Å². The molecule has 3 nitrogen and oxygen atoms in total. The first kappa shape index (κ1) is 11.3. The van der Waals surface area contributed by atoms with Gasteiger partial charge in [-0.25, -0.2) is 22.8 Å². The number of hydrogen-bond donors (Lipinski definition) is 0. The summed E-state index contributed by atoms with van der Waals surface area (Å²) >= 11 is 0. The van der Waals surface area contributed by atoms with Gasteiger partial charge in [0.1, 0.15) is 11.6 Å². The van der Waals surface area contributed by atoms with Crippen molar-refractivity contribution in [3.63, 3.8) is 0 Å². The Morgan fingerprint density at radius 3 is 2.56 bits per heavy atom. The van der Waals surface area contributed by atoms with Crippen molar-refractivity contribution in [2.24, 2.45) is 0 Å². The lowest BCUT2D eigenvalue weighted by Crippen LogP contribution is -2.02. The monoisotopic (exact) mass is 253 g/mol. The first-order chi connectivity index (χ1) is 8.56. The van der Waals surface area contributed by atoms with Crippen molar-refractivity contribution >= 4 is 0 Å². The Bertz CT molecular complexity index is 598. The third-order valence-electron chi connectivity index (χ3n) is 3.16. The van der Waals surface area contributed by atoms with Crippen molar-refractivity contribution in [2.75, 3.05) is 0 Å². The molecular formula is C12H10F3N3. The zero-order valence-electron chi connectivity index (χ0n) is 9.62. The summed E-state index contributed by atoms with van der Waals surface area (Å²) in [6.45, 7) is 2.41. The number of hydrogen-bond acceptors (Lipinski definition) is 2. The molecule has 0 saturated heterocycles. The lowest BCUT2D eigenvalue weighted by Gasteiger charge is -2.09. The Kier molecular flexibility index (Phi) is 2.39. The molecule has 0 bridgehead atoms. The molecule has 2 heterocycles. The van der Waals surface area contributed by atoms with Crippen LogP contribution < -0.4 is 0 Å². The van der Waals surface area contributed by atoms with Gasteiger partial charge in [0, 0.05) is 12.5 Å². The number of aromatic nitrogens is 3. The second kappa shape index (κ2) is 3.83. The Morgan fingerprint density at radius 1 is 1.22 bits per heavy atom. The predicted molar refractivity (Wildman–Crippen MR) is 57.5 cm³/mol. The van der Waals surface area contributed by atoms with E-state index in [2.05, 4.69) is 10.1 Å². The van der Waals surface area contributed by atoms with Crippen LogP contribution >= 0.6 is 0 Å². The van der Waals surface area contributed by atoms with Crippen LogP contribution in [-0.4, -0.2) is 14.8 Å². The van der Waals surface area contributed by atoms with Crippen molar-refractivity contribution in [1.29, 1.82) is 0 Å².